The van der Waals surface area contributed by atoms with Gasteiger partial charge in [-0.15, -0.1) is 0 Å². The molecule has 0 heterocycles. The molecule has 0 aromatic heterocycles. The zero-order valence-corrected chi connectivity index (χ0v) is 11.3. The van der Waals surface area contributed by atoms with Gasteiger partial charge in [0.1, 0.15) is 12.3 Å². The van der Waals surface area contributed by atoms with Gasteiger partial charge in [-0.1, -0.05) is 24.3 Å². The molecule has 1 N–H and O–H groups in total. The maximum absolute atomic E-state index is 13.0. The zero-order chi connectivity index (χ0) is 13.8. The second-order valence-electron chi connectivity index (χ2n) is 5.21. The number of aryl methyl sites for hydroxylation is 1. The zero-order valence-electron chi connectivity index (χ0n) is 11.3. The number of amides is 1. The molecule has 4 heteroatoms. The second-order valence-corrected chi connectivity index (χ2v) is 5.21. The molecule has 1 aromatic rings. The molecule has 0 aliphatic rings. The summed E-state index contributed by atoms with van der Waals surface area (Å²) in [5, 5.41) is 2.54. The van der Waals surface area contributed by atoms with Gasteiger partial charge in [0.15, 0.2) is 0 Å². The third-order valence-electron chi connectivity index (χ3n) is 2.41. The van der Waals surface area contributed by atoms with Gasteiger partial charge >= 0.3 is 6.09 Å². The average Bonchev–Trinajstić information content (AvgIpc) is 2.24. The molecular formula is C14H20FNO2. The van der Waals surface area contributed by atoms with Crippen LogP contribution in [0.4, 0.5) is 9.18 Å². The minimum atomic E-state index is -0.666. The Morgan fingerprint density at radius 1 is 1.39 bits per heavy atom. The normalized spacial score (nSPS) is 12.9. The summed E-state index contributed by atoms with van der Waals surface area (Å²) < 4.78 is 18.2. The molecule has 18 heavy (non-hydrogen) atoms. The number of nitrogens with one attached hydrogen (secondary N) is 1. The van der Waals surface area contributed by atoms with Crippen LogP contribution in [0.15, 0.2) is 24.3 Å². The molecule has 0 saturated heterocycles. The van der Waals surface area contributed by atoms with Crippen molar-refractivity contribution < 1.29 is 13.9 Å². The van der Waals surface area contributed by atoms with E-state index >= 15 is 0 Å². The summed E-state index contributed by atoms with van der Waals surface area (Å²) in [5.74, 6) is 0. The van der Waals surface area contributed by atoms with Crippen molar-refractivity contribution in [3.05, 3.63) is 35.4 Å². The van der Waals surface area contributed by atoms with Crippen LogP contribution in [-0.2, 0) is 4.74 Å². The van der Waals surface area contributed by atoms with Crippen LogP contribution in [0.2, 0.25) is 0 Å². The number of hydrogen-bond donors (Lipinski definition) is 1. The van der Waals surface area contributed by atoms with Crippen LogP contribution in [0.25, 0.3) is 0 Å². The molecule has 1 amide bonds. The van der Waals surface area contributed by atoms with Crippen molar-refractivity contribution in [3.63, 3.8) is 0 Å². The summed E-state index contributed by atoms with van der Waals surface area (Å²) in [4.78, 5) is 11.6. The highest BCUT2D eigenvalue weighted by Gasteiger charge is 2.21. The van der Waals surface area contributed by atoms with Gasteiger partial charge in [0.25, 0.3) is 0 Å². The highest BCUT2D eigenvalue weighted by Crippen LogP contribution is 2.18. The smallest absolute Gasteiger partial charge is 0.408 e. The maximum atomic E-state index is 13.0. The van der Waals surface area contributed by atoms with Crippen molar-refractivity contribution in [3.8, 4) is 0 Å². The van der Waals surface area contributed by atoms with Crippen molar-refractivity contribution >= 4 is 6.09 Å². The molecule has 1 atom stereocenters. The SMILES string of the molecule is Cc1ccccc1C(CF)NC(=O)OC(C)(C)C. The Labute approximate surface area is 107 Å². The molecule has 1 rings (SSSR count). The number of ether oxygens (including phenoxy) is 1. The maximum Gasteiger partial charge on any atom is 0.408 e. The first-order valence-corrected chi connectivity index (χ1v) is 5.94. The Bertz CT molecular complexity index is 413. The standard InChI is InChI=1S/C14H20FNO2/c1-10-7-5-6-8-11(10)12(9-15)16-13(17)18-14(2,3)4/h5-8,12H,9H2,1-4H3,(H,16,17). The summed E-state index contributed by atoms with van der Waals surface area (Å²) in [6.45, 7) is 6.53. The van der Waals surface area contributed by atoms with Crippen LogP contribution >= 0.6 is 0 Å². The molecule has 1 aromatic carbocycles. The summed E-state index contributed by atoms with van der Waals surface area (Å²) in [5.41, 5.74) is 1.12. The quantitative estimate of drug-likeness (QED) is 0.894. The van der Waals surface area contributed by atoms with Crippen molar-refractivity contribution in [1.82, 2.24) is 5.32 Å². The lowest BCUT2D eigenvalue weighted by Gasteiger charge is -2.23. The number of halogens is 1. The van der Waals surface area contributed by atoms with Gasteiger partial charge in [0, 0.05) is 0 Å². The number of hydrogen-bond acceptors (Lipinski definition) is 2. The van der Waals surface area contributed by atoms with E-state index < -0.39 is 24.4 Å². The predicted octanol–water partition coefficient (Wildman–Crippen LogP) is 3.53. The molecule has 0 fully saturated rings. The largest absolute Gasteiger partial charge is 0.444 e. The number of rotatable bonds is 3. The fourth-order valence-corrected chi connectivity index (χ4v) is 1.63. The van der Waals surface area contributed by atoms with Crippen LogP contribution < -0.4 is 5.32 Å². The van der Waals surface area contributed by atoms with Crippen LogP contribution in [0.5, 0.6) is 0 Å². The Morgan fingerprint density at radius 2 is 2.00 bits per heavy atom. The van der Waals surface area contributed by atoms with E-state index in [1.165, 1.54) is 0 Å². The monoisotopic (exact) mass is 253 g/mol. The van der Waals surface area contributed by atoms with Crippen LogP contribution in [0.3, 0.4) is 0 Å². The minimum absolute atomic E-state index is 0.587. The molecular weight excluding hydrogens is 233 g/mol. The molecule has 0 aliphatic heterocycles. The second kappa shape index (κ2) is 5.85. The number of alkyl carbamates (subject to hydrolysis) is 1. The number of carbonyl (C=O) groups excluding carboxylic acids is 1. The van der Waals surface area contributed by atoms with Crippen molar-refractivity contribution in [2.24, 2.45) is 0 Å². The van der Waals surface area contributed by atoms with E-state index in [0.717, 1.165) is 11.1 Å². The fraction of sp³-hybridized carbons (Fsp3) is 0.500. The van der Waals surface area contributed by atoms with E-state index in [-0.39, 0.29) is 0 Å². The van der Waals surface area contributed by atoms with Crippen LogP contribution in [0, 0.1) is 6.92 Å². The lowest BCUT2D eigenvalue weighted by Crippen LogP contribution is -2.36. The van der Waals surface area contributed by atoms with E-state index in [1.54, 1.807) is 26.8 Å². The fourth-order valence-electron chi connectivity index (χ4n) is 1.63. The van der Waals surface area contributed by atoms with E-state index in [0.29, 0.717) is 0 Å². The molecule has 100 valence electrons. The van der Waals surface area contributed by atoms with Crippen molar-refractivity contribution in [2.45, 2.75) is 39.3 Å². The highest BCUT2D eigenvalue weighted by atomic mass is 19.1. The van der Waals surface area contributed by atoms with Gasteiger partial charge in [-0.2, -0.15) is 0 Å². The van der Waals surface area contributed by atoms with E-state index in [2.05, 4.69) is 5.32 Å². The third-order valence-corrected chi connectivity index (χ3v) is 2.41. The first kappa shape index (κ1) is 14.5. The molecule has 1 unspecified atom stereocenters. The van der Waals surface area contributed by atoms with Gasteiger partial charge in [-0.25, -0.2) is 9.18 Å². The van der Waals surface area contributed by atoms with E-state index in [9.17, 15) is 9.18 Å². The minimum Gasteiger partial charge on any atom is -0.444 e. The van der Waals surface area contributed by atoms with Gasteiger partial charge < -0.3 is 10.1 Å². The first-order chi connectivity index (χ1) is 8.33. The van der Waals surface area contributed by atoms with Gasteiger partial charge in [0.2, 0.25) is 0 Å². The Morgan fingerprint density at radius 3 is 2.50 bits per heavy atom. The Hall–Kier alpha value is -1.58. The van der Waals surface area contributed by atoms with Crippen LogP contribution in [-0.4, -0.2) is 18.4 Å². The van der Waals surface area contributed by atoms with E-state index in [1.807, 2.05) is 25.1 Å². The Kier molecular flexibility index (Phi) is 4.70. The third kappa shape index (κ3) is 4.35. The Balaban J connectivity index is 2.74. The lowest BCUT2D eigenvalue weighted by molar-refractivity contribution is 0.0495. The first-order valence-electron chi connectivity index (χ1n) is 5.94. The topological polar surface area (TPSA) is 38.3 Å². The van der Waals surface area contributed by atoms with Crippen molar-refractivity contribution in [1.29, 1.82) is 0 Å². The average molecular weight is 253 g/mol. The summed E-state index contributed by atoms with van der Waals surface area (Å²) >= 11 is 0. The van der Waals surface area contributed by atoms with E-state index in [4.69, 9.17) is 4.74 Å². The van der Waals surface area contributed by atoms with Gasteiger partial charge in [-0.3, -0.25) is 0 Å². The summed E-state index contributed by atoms with van der Waals surface area (Å²) in [6, 6.07) is 6.72. The molecule has 0 aliphatic carbocycles. The predicted molar refractivity (Wildman–Crippen MR) is 69.3 cm³/mol. The van der Waals surface area contributed by atoms with Crippen LogP contribution in [0.1, 0.15) is 37.9 Å². The molecule has 3 nitrogen and oxygen atoms in total. The number of benzene rings is 1. The van der Waals surface area contributed by atoms with Gasteiger partial charge in [0.05, 0.1) is 6.04 Å². The molecule has 0 spiro atoms. The molecule has 0 radical (unpaired) electrons. The lowest BCUT2D eigenvalue weighted by atomic mass is 10.0. The molecule has 0 saturated carbocycles. The number of carbonyl (C=O) groups is 1. The number of alkyl halides is 1. The summed E-state index contributed by atoms with van der Waals surface area (Å²) in [7, 11) is 0. The highest BCUT2D eigenvalue weighted by molar-refractivity contribution is 5.68. The van der Waals surface area contributed by atoms with Gasteiger partial charge in [-0.05, 0) is 38.8 Å². The molecule has 0 bridgehead atoms. The van der Waals surface area contributed by atoms with Crippen molar-refractivity contribution in [2.75, 3.05) is 6.67 Å². The summed E-state index contributed by atoms with van der Waals surface area (Å²) in [6.07, 6.45) is -0.603.